The quantitative estimate of drug-likeness (QED) is 0.163. The summed E-state index contributed by atoms with van der Waals surface area (Å²) in [5.74, 6) is 0. The highest BCUT2D eigenvalue weighted by Crippen LogP contribution is 2.63. The van der Waals surface area contributed by atoms with Gasteiger partial charge < -0.3 is 14.7 Å². The Morgan fingerprint density at radius 1 is 0.405 bits per heavy atom. The highest BCUT2D eigenvalue weighted by Gasteiger charge is 2.58. The molecule has 0 radical (unpaired) electrons. The third-order valence-corrected chi connectivity index (χ3v) is 24.0. The van der Waals surface area contributed by atoms with Crippen molar-refractivity contribution in [3.8, 4) is 0 Å². The first-order chi connectivity index (χ1) is 37.3. The van der Waals surface area contributed by atoms with E-state index in [2.05, 4.69) is 234 Å². The van der Waals surface area contributed by atoms with Crippen molar-refractivity contribution in [1.29, 1.82) is 0 Å². The van der Waals surface area contributed by atoms with Crippen LogP contribution in [0.5, 0.6) is 0 Å². The highest BCUT2D eigenvalue weighted by molar-refractivity contribution is 7.26. The maximum absolute atomic E-state index is 2.87. The van der Waals surface area contributed by atoms with Gasteiger partial charge in [0.15, 0.2) is 0 Å². The van der Waals surface area contributed by atoms with E-state index in [9.17, 15) is 0 Å². The van der Waals surface area contributed by atoms with Gasteiger partial charge in [0.2, 0.25) is 0 Å². The van der Waals surface area contributed by atoms with Crippen molar-refractivity contribution < 1.29 is 0 Å². The number of benzene rings is 7. The van der Waals surface area contributed by atoms with Gasteiger partial charge in [0, 0.05) is 60.7 Å². The normalized spacial score (nSPS) is 24.5. The lowest BCUT2D eigenvalue weighted by molar-refractivity contribution is 0.195. The van der Waals surface area contributed by atoms with Gasteiger partial charge in [-0.15, -0.1) is 11.3 Å². The summed E-state index contributed by atoms with van der Waals surface area (Å²) in [7, 11) is 0. The van der Waals surface area contributed by atoms with Crippen LogP contribution in [0.2, 0.25) is 0 Å². The Kier molecular flexibility index (Phi) is 10.0. The fourth-order valence-corrected chi connectivity index (χ4v) is 19.3. The predicted octanol–water partition coefficient (Wildman–Crippen LogP) is 18.8. The molecule has 2 atom stereocenters. The van der Waals surface area contributed by atoms with E-state index in [1.807, 2.05) is 11.3 Å². The standard InChI is InChI=1S/C74H82BN3S/c1-44-35-49-54(72(12,13)43-71(49,10)11)40-59(44)77-61-42-53-51(68(4,5)32-34-70(53,8)9)39-56(61)75-55-38-50-52(69(6,7)33-31-67(50,2)3)41-60(55)76(58-27-22-24-47-46-23-16-19-28-64(46)79-66(47)58)62-36-45(37-63(77)65(62)75)78-57-26-18-17-25-48(57)73(14)29-20-21-30-74(73,78)15/h16-19,22-28,35-42H,20-21,29-34,43H2,1-15H3. The number of fused-ring (bicyclic) bond motifs is 13. The lowest BCUT2D eigenvalue weighted by atomic mass is 9.32. The van der Waals surface area contributed by atoms with Gasteiger partial charge in [-0.3, -0.25) is 0 Å². The largest absolute Gasteiger partial charge is 0.334 e. The summed E-state index contributed by atoms with van der Waals surface area (Å²) in [5, 5.41) is 2.68. The minimum Gasteiger partial charge on any atom is -0.334 e. The molecule has 79 heavy (non-hydrogen) atoms. The van der Waals surface area contributed by atoms with Gasteiger partial charge in [-0.05, 0) is 201 Å². The lowest BCUT2D eigenvalue weighted by Gasteiger charge is -2.52. The summed E-state index contributed by atoms with van der Waals surface area (Å²) in [5.41, 5.74) is 27.1. The van der Waals surface area contributed by atoms with Crippen LogP contribution in [0.3, 0.4) is 0 Å². The van der Waals surface area contributed by atoms with Crippen molar-refractivity contribution in [2.24, 2.45) is 0 Å². The van der Waals surface area contributed by atoms with E-state index in [4.69, 9.17) is 0 Å². The molecule has 1 saturated carbocycles. The highest BCUT2D eigenvalue weighted by atomic mass is 32.1. The first-order valence-corrected chi connectivity index (χ1v) is 31.2. The molecule has 4 aliphatic carbocycles. The molecule has 4 heterocycles. The molecule has 15 rings (SSSR count). The van der Waals surface area contributed by atoms with Crippen LogP contribution in [0, 0.1) is 6.92 Å². The molecule has 2 unspecified atom stereocenters. The number of aryl methyl sites for hydroxylation is 1. The van der Waals surface area contributed by atoms with E-state index in [-0.39, 0.29) is 50.2 Å². The van der Waals surface area contributed by atoms with E-state index >= 15 is 0 Å². The van der Waals surface area contributed by atoms with E-state index in [1.165, 1.54) is 172 Å². The Labute approximate surface area is 476 Å². The topological polar surface area (TPSA) is 9.72 Å². The zero-order chi connectivity index (χ0) is 55.1. The van der Waals surface area contributed by atoms with Crippen LogP contribution < -0.4 is 31.1 Å². The van der Waals surface area contributed by atoms with Crippen LogP contribution >= 0.6 is 11.3 Å². The fraction of sp³-hybridized carbons (Fsp3) is 0.432. The molecular weight excluding hydrogens is 974 g/mol. The summed E-state index contributed by atoms with van der Waals surface area (Å²) in [6.07, 6.45) is 10.7. The smallest absolute Gasteiger partial charge is 0.252 e. The van der Waals surface area contributed by atoms with Gasteiger partial charge in [-0.25, -0.2) is 0 Å². The first kappa shape index (κ1) is 50.2. The molecule has 0 spiro atoms. The Balaban J connectivity index is 1.14. The molecule has 8 aromatic rings. The zero-order valence-corrected chi connectivity index (χ0v) is 51.0. The number of rotatable bonds is 3. The second-order valence-electron chi connectivity index (χ2n) is 30.5. The van der Waals surface area contributed by atoms with Gasteiger partial charge in [0.1, 0.15) is 0 Å². The third-order valence-electron chi connectivity index (χ3n) is 22.8. The van der Waals surface area contributed by atoms with E-state index in [1.54, 1.807) is 0 Å². The van der Waals surface area contributed by atoms with Gasteiger partial charge in [-0.1, -0.05) is 170 Å². The molecule has 0 amide bonds. The van der Waals surface area contributed by atoms with Gasteiger partial charge in [0.05, 0.1) is 15.9 Å². The molecule has 7 aliphatic rings. The minimum absolute atomic E-state index is 0.00180. The average Bonchev–Trinajstić information content (AvgIpc) is 2.82. The Hall–Kier alpha value is -5.78. The van der Waals surface area contributed by atoms with Gasteiger partial charge in [-0.2, -0.15) is 0 Å². The summed E-state index contributed by atoms with van der Waals surface area (Å²) >= 11 is 1.97. The molecular formula is C74H82BN3S. The van der Waals surface area contributed by atoms with Crippen molar-refractivity contribution in [2.75, 3.05) is 14.7 Å². The fourth-order valence-electron chi connectivity index (χ4n) is 18.1. The van der Waals surface area contributed by atoms with Crippen LogP contribution in [0.4, 0.5) is 45.5 Å². The zero-order valence-electron chi connectivity index (χ0n) is 50.2. The monoisotopic (exact) mass is 1060 g/mol. The number of anilines is 8. The second-order valence-corrected chi connectivity index (χ2v) is 31.5. The summed E-state index contributed by atoms with van der Waals surface area (Å²) in [6, 6.07) is 47.5. The number of hydrogen-bond acceptors (Lipinski definition) is 4. The Bertz CT molecular complexity index is 3990. The number of para-hydroxylation sites is 1. The van der Waals surface area contributed by atoms with Crippen LogP contribution in [0.1, 0.15) is 199 Å². The van der Waals surface area contributed by atoms with Crippen LogP contribution in [-0.2, 0) is 37.9 Å². The molecule has 0 bridgehead atoms. The van der Waals surface area contributed by atoms with Crippen molar-refractivity contribution >= 4 is 100 Å². The van der Waals surface area contributed by atoms with E-state index in [0.29, 0.717) is 0 Å². The molecule has 402 valence electrons. The minimum atomic E-state index is -0.127. The van der Waals surface area contributed by atoms with Crippen molar-refractivity contribution in [2.45, 2.75) is 205 Å². The van der Waals surface area contributed by atoms with Crippen LogP contribution in [-0.4, -0.2) is 12.3 Å². The predicted molar refractivity (Wildman–Crippen MR) is 342 cm³/mol. The second kappa shape index (κ2) is 15.8. The summed E-state index contributed by atoms with van der Waals surface area (Å²) in [4.78, 5) is 8.51. The Morgan fingerprint density at radius 3 is 1.51 bits per heavy atom. The van der Waals surface area contributed by atoms with E-state index in [0.717, 1.165) is 12.8 Å². The van der Waals surface area contributed by atoms with Gasteiger partial charge in [0.25, 0.3) is 6.71 Å². The van der Waals surface area contributed by atoms with E-state index < -0.39 is 0 Å². The third kappa shape index (κ3) is 6.60. The maximum atomic E-state index is 2.87. The number of hydrogen-bond donors (Lipinski definition) is 0. The molecule has 0 N–H and O–H groups in total. The average molecular weight is 1060 g/mol. The summed E-state index contributed by atoms with van der Waals surface area (Å²) in [6.45, 7) is 37.9. The van der Waals surface area contributed by atoms with Crippen molar-refractivity contribution in [3.63, 3.8) is 0 Å². The lowest BCUT2D eigenvalue weighted by Crippen LogP contribution is -2.62. The molecule has 3 aliphatic heterocycles. The first-order valence-electron chi connectivity index (χ1n) is 30.4. The van der Waals surface area contributed by atoms with Crippen LogP contribution in [0.15, 0.2) is 115 Å². The summed E-state index contributed by atoms with van der Waals surface area (Å²) < 4.78 is 2.70. The van der Waals surface area contributed by atoms with Crippen molar-refractivity contribution in [1.82, 2.24) is 0 Å². The molecule has 0 saturated heterocycles. The maximum Gasteiger partial charge on any atom is 0.252 e. The number of thiophene rings is 1. The van der Waals surface area contributed by atoms with Crippen LogP contribution in [0.25, 0.3) is 20.2 Å². The molecule has 1 fully saturated rings. The molecule has 5 heteroatoms. The number of nitrogens with zero attached hydrogens (tertiary/aromatic N) is 3. The Morgan fingerprint density at radius 2 is 0.886 bits per heavy atom. The molecule has 1 aromatic heterocycles. The molecule has 3 nitrogen and oxygen atoms in total. The van der Waals surface area contributed by atoms with Gasteiger partial charge >= 0.3 is 0 Å². The van der Waals surface area contributed by atoms with Crippen molar-refractivity contribution in [3.05, 3.63) is 160 Å². The SMILES string of the molecule is Cc1cc2c(cc1N1c3cc4c(cc3B3c5cc6c(cc5N(c5cccc7c5sc5ccccc57)c5cc(N7c8ccccc8C8(C)CCCCC78C)cc1c53)C(C)(C)CCC6(C)C)C(C)(C)CCC4(C)C)C(C)(C)CC2(C)C. The molecule has 7 aromatic carbocycles.